The van der Waals surface area contributed by atoms with Crippen LogP contribution in [-0.2, 0) is 0 Å². The minimum atomic E-state index is -0.282. The van der Waals surface area contributed by atoms with Crippen molar-refractivity contribution >= 4 is 28.7 Å². The second kappa shape index (κ2) is 8.37. The van der Waals surface area contributed by atoms with E-state index in [2.05, 4.69) is 15.3 Å². The summed E-state index contributed by atoms with van der Waals surface area (Å²) < 4.78 is 18.8. The normalized spacial score (nSPS) is 15.6. The number of nitrogens with two attached hydrogens (primary N) is 1. The molecular formula is C24H23FN6O. The Morgan fingerprint density at radius 3 is 2.69 bits per heavy atom. The molecule has 0 amide bonds. The van der Waals surface area contributed by atoms with E-state index < -0.39 is 0 Å². The molecule has 7 nitrogen and oxygen atoms in total. The third-order valence-electron chi connectivity index (χ3n) is 5.65. The lowest BCUT2D eigenvalue weighted by Gasteiger charge is -2.10. The van der Waals surface area contributed by atoms with Crippen molar-refractivity contribution in [3.63, 3.8) is 0 Å². The SMILES string of the molecule is COc1cc(C2=C(c3ccnc(NCC4CC4)n3)N=C(c3ccc(F)cc3)C2)cnc1N. The second-order valence-electron chi connectivity index (χ2n) is 7.97. The summed E-state index contributed by atoms with van der Waals surface area (Å²) in [5.41, 5.74) is 10.8. The van der Waals surface area contributed by atoms with Crippen molar-refractivity contribution in [3.05, 3.63) is 71.4 Å². The van der Waals surface area contributed by atoms with Gasteiger partial charge in [-0.05, 0) is 54.2 Å². The molecule has 1 aromatic carbocycles. The number of hydrogen-bond acceptors (Lipinski definition) is 7. The fourth-order valence-electron chi connectivity index (χ4n) is 3.67. The molecule has 2 aliphatic rings. The molecule has 0 unspecified atom stereocenters. The van der Waals surface area contributed by atoms with E-state index in [0.717, 1.165) is 34.7 Å². The molecule has 0 spiro atoms. The van der Waals surface area contributed by atoms with Crippen LogP contribution in [0.5, 0.6) is 5.75 Å². The molecule has 3 heterocycles. The predicted molar refractivity (Wildman–Crippen MR) is 123 cm³/mol. The third kappa shape index (κ3) is 4.16. The minimum absolute atomic E-state index is 0.282. The molecule has 1 fully saturated rings. The molecule has 0 bridgehead atoms. The second-order valence-corrected chi connectivity index (χ2v) is 7.97. The van der Waals surface area contributed by atoms with Gasteiger partial charge in [0, 0.05) is 30.9 Å². The van der Waals surface area contributed by atoms with E-state index in [4.69, 9.17) is 20.4 Å². The number of rotatable bonds is 7. The van der Waals surface area contributed by atoms with Gasteiger partial charge in [0.05, 0.1) is 24.2 Å². The quantitative estimate of drug-likeness (QED) is 0.583. The standard InChI is InChI=1S/C24H23FN6O/c1-32-21-10-16(13-28-23(21)26)18-11-20(15-4-6-17(25)7-5-15)30-22(18)19-8-9-27-24(31-19)29-12-14-2-3-14/h4-10,13-14H,2-3,11-12H2,1H3,(H2,26,28)(H,27,29,31). The van der Waals surface area contributed by atoms with Gasteiger partial charge in [-0.3, -0.25) is 0 Å². The first-order valence-corrected chi connectivity index (χ1v) is 10.5. The van der Waals surface area contributed by atoms with Gasteiger partial charge >= 0.3 is 0 Å². The zero-order chi connectivity index (χ0) is 22.1. The summed E-state index contributed by atoms with van der Waals surface area (Å²) in [5, 5.41) is 3.32. The molecule has 1 saturated carbocycles. The van der Waals surface area contributed by atoms with Gasteiger partial charge in [0.1, 0.15) is 5.82 Å². The molecule has 32 heavy (non-hydrogen) atoms. The van der Waals surface area contributed by atoms with Gasteiger partial charge in [-0.15, -0.1) is 0 Å². The first-order valence-electron chi connectivity index (χ1n) is 10.5. The van der Waals surface area contributed by atoms with Gasteiger partial charge in [-0.2, -0.15) is 0 Å². The number of pyridine rings is 1. The molecule has 0 radical (unpaired) electrons. The van der Waals surface area contributed by atoms with Crippen LogP contribution in [-0.4, -0.2) is 34.3 Å². The monoisotopic (exact) mass is 430 g/mol. The number of halogens is 1. The molecule has 0 atom stereocenters. The lowest BCUT2D eigenvalue weighted by molar-refractivity contribution is 0.415. The van der Waals surface area contributed by atoms with Gasteiger partial charge in [0.15, 0.2) is 11.6 Å². The number of hydrogen-bond donors (Lipinski definition) is 2. The largest absolute Gasteiger partial charge is 0.493 e. The fourth-order valence-corrected chi connectivity index (χ4v) is 3.67. The highest BCUT2D eigenvalue weighted by Crippen LogP contribution is 2.38. The molecule has 1 aliphatic heterocycles. The lowest BCUT2D eigenvalue weighted by Crippen LogP contribution is -2.07. The topological polar surface area (TPSA) is 98.3 Å². The van der Waals surface area contributed by atoms with Crippen LogP contribution < -0.4 is 15.8 Å². The Bertz CT molecular complexity index is 1220. The minimum Gasteiger partial charge on any atom is -0.493 e. The summed E-state index contributed by atoms with van der Waals surface area (Å²) in [5.74, 6) is 1.83. The van der Waals surface area contributed by atoms with Crippen molar-refractivity contribution in [2.45, 2.75) is 19.3 Å². The highest BCUT2D eigenvalue weighted by molar-refractivity contribution is 6.16. The summed E-state index contributed by atoms with van der Waals surface area (Å²) in [6.45, 7) is 0.874. The average molecular weight is 430 g/mol. The highest BCUT2D eigenvalue weighted by Gasteiger charge is 2.25. The van der Waals surface area contributed by atoms with Crippen molar-refractivity contribution in [3.8, 4) is 5.75 Å². The Kier molecular flexibility index (Phi) is 5.26. The van der Waals surface area contributed by atoms with Crippen molar-refractivity contribution < 1.29 is 9.13 Å². The van der Waals surface area contributed by atoms with Gasteiger partial charge in [0.2, 0.25) is 5.95 Å². The summed E-state index contributed by atoms with van der Waals surface area (Å²) in [4.78, 5) is 18.2. The van der Waals surface area contributed by atoms with Crippen molar-refractivity contribution in [1.82, 2.24) is 15.0 Å². The van der Waals surface area contributed by atoms with Crippen LogP contribution in [0.25, 0.3) is 11.3 Å². The molecule has 162 valence electrons. The fraction of sp³-hybridized carbons (Fsp3) is 0.250. The molecule has 8 heteroatoms. The van der Waals surface area contributed by atoms with Crippen LogP contribution in [0.2, 0.25) is 0 Å². The van der Waals surface area contributed by atoms with E-state index in [1.165, 1.54) is 25.0 Å². The molecule has 3 aromatic rings. The van der Waals surface area contributed by atoms with Gasteiger partial charge < -0.3 is 15.8 Å². The summed E-state index contributed by atoms with van der Waals surface area (Å²) >= 11 is 0. The Balaban J connectivity index is 1.55. The van der Waals surface area contributed by atoms with Gasteiger partial charge in [0.25, 0.3) is 0 Å². The zero-order valence-corrected chi connectivity index (χ0v) is 17.7. The van der Waals surface area contributed by atoms with E-state index in [1.807, 2.05) is 12.1 Å². The number of allylic oxidation sites excluding steroid dienone is 1. The number of nitrogens with zero attached hydrogens (tertiary/aromatic N) is 4. The average Bonchev–Trinajstić information content (AvgIpc) is 3.55. The van der Waals surface area contributed by atoms with Crippen LogP contribution in [0.1, 0.15) is 36.1 Å². The van der Waals surface area contributed by atoms with E-state index in [1.54, 1.807) is 31.6 Å². The number of benzene rings is 1. The van der Waals surface area contributed by atoms with Crippen LogP contribution >= 0.6 is 0 Å². The van der Waals surface area contributed by atoms with E-state index >= 15 is 0 Å². The number of nitrogens with one attached hydrogen (secondary N) is 1. The number of anilines is 2. The van der Waals surface area contributed by atoms with Gasteiger partial charge in [-0.1, -0.05) is 12.1 Å². The van der Waals surface area contributed by atoms with Crippen molar-refractivity contribution in [2.24, 2.45) is 10.9 Å². The molecular weight excluding hydrogens is 407 g/mol. The Labute approximate surface area is 185 Å². The number of ether oxygens (including phenoxy) is 1. The maximum absolute atomic E-state index is 13.4. The number of aliphatic imine (C=N–C) groups is 1. The Morgan fingerprint density at radius 1 is 1.12 bits per heavy atom. The lowest BCUT2D eigenvalue weighted by atomic mass is 9.98. The summed E-state index contributed by atoms with van der Waals surface area (Å²) in [7, 11) is 1.56. The molecule has 0 saturated heterocycles. The summed E-state index contributed by atoms with van der Waals surface area (Å²) in [6.07, 6.45) is 6.49. The van der Waals surface area contributed by atoms with Crippen LogP contribution in [0.3, 0.4) is 0 Å². The smallest absolute Gasteiger partial charge is 0.223 e. The third-order valence-corrected chi connectivity index (χ3v) is 5.65. The molecule has 1 aliphatic carbocycles. The maximum atomic E-state index is 13.4. The predicted octanol–water partition coefficient (Wildman–Crippen LogP) is 4.18. The Hall–Kier alpha value is -3.81. The number of methoxy groups -OCH3 is 1. The van der Waals surface area contributed by atoms with E-state index in [9.17, 15) is 4.39 Å². The van der Waals surface area contributed by atoms with Crippen LogP contribution in [0.15, 0.2) is 53.8 Å². The van der Waals surface area contributed by atoms with E-state index in [0.29, 0.717) is 35.5 Å². The van der Waals surface area contributed by atoms with Crippen LogP contribution in [0.4, 0.5) is 16.2 Å². The molecule has 2 aromatic heterocycles. The van der Waals surface area contributed by atoms with Crippen LogP contribution in [0, 0.1) is 11.7 Å². The first kappa shape index (κ1) is 20.1. The Morgan fingerprint density at radius 2 is 1.94 bits per heavy atom. The highest BCUT2D eigenvalue weighted by atomic mass is 19.1. The maximum Gasteiger partial charge on any atom is 0.223 e. The zero-order valence-electron chi connectivity index (χ0n) is 17.7. The number of aromatic nitrogens is 3. The van der Waals surface area contributed by atoms with Gasteiger partial charge in [-0.25, -0.2) is 24.3 Å². The summed E-state index contributed by atoms with van der Waals surface area (Å²) in [6, 6.07) is 10.0. The van der Waals surface area contributed by atoms with Crippen molar-refractivity contribution in [1.29, 1.82) is 0 Å². The molecule has 5 rings (SSSR count). The first-order chi connectivity index (χ1) is 15.6. The van der Waals surface area contributed by atoms with E-state index in [-0.39, 0.29) is 5.82 Å². The number of nitrogen functional groups attached to an aromatic ring is 1. The van der Waals surface area contributed by atoms with Crippen molar-refractivity contribution in [2.75, 3.05) is 24.7 Å². The molecule has 3 N–H and O–H groups in total.